The molecule has 3 heteroatoms. The molecule has 1 N–H and O–H groups in total. The van der Waals surface area contributed by atoms with Gasteiger partial charge >= 0.3 is 0 Å². The Labute approximate surface area is 113 Å². The Balaban J connectivity index is 1.58. The smallest absolute Gasteiger partial charge is 0.129 e. The van der Waals surface area contributed by atoms with Gasteiger partial charge in [-0.3, -0.25) is 0 Å². The van der Waals surface area contributed by atoms with Gasteiger partial charge in [0.1, 0.15) is 11.6 Å². The van der Waals surface area contributed by atoms with Gasteiger partial charge in [-0.1, -0.05) is 24.3 Å². The highest BCUT2D eigenvalue weighted by molar-refractivity contribution is 5.47. The predicted octanol–water partition coefficient (Wildman–Crippen LogP) is 3.06. The maximum absolute atomic E-state index is 5.69. The SMILES string of the molecule is c1ccc(OCCc2ccc3c(n2)NCCC3)cc1. The maximum Gasteiger partial charge on any atom is 0.129 e. The largest absolute Gasteiger partial charge is 0.493 e. The van der Waals surface area contributed by atoms with E-state index < -0.39 is 0 Å². The minimum Gasteiger partial charge on any atom is -0.493 e. The summed E-state index contributed by atoms with van der Waals surface area (Å²) in [5, 5.41) is 3.36. The first-order valence-electron chi connectivity index (χ1n) is 6.82. The first-order valence-corrected chi connectivity index (χ1v) is 6.82. The van der Waals surface area contributed by atoms with E-state index in [-0.39, 0.29) is 0 Å². The topological polar surface area (TPSA) is 34.1 Å². The molecule has 0 saturated carbocycles. The second kappa shape index (κ2) is 5.74. The zero-order valence-corrected chi connectivity index (χ0v) is 10.9. The lowest BCUT2D eigenvalue weighted by Gasteiger charge is -2.17. The summed E-state index contributed by atoms with van der Waals surface area (Å²) in [5.74, 6) is 1.97. The summed E-state index contributed by atoms with van der Waals surface area (Å²) in [6.07, 6.45) is 3.17. The van der Waals surface area contributed by atoms with Crippen molar-refractivity contribution in [2.45, 2.75) is 19.3 Å². The van der Waals surface area contributed by atoms with Gasteiger partial charge in [0.05, 0.1) is 6.61 Å². The normalized spacial score (nSPS) is 13.5. The third-order valence-corrected chi connectivity index (χ3v) is 3.32. The highest BCUT2D eigenvalue weighted by Gasteiger charge is 2.10. The molecule has 2 heterocycles. The molecule has 1 aliphatic heterocycles. The van der Waals surface area contributed by atoms with Crippen molar-refractivity contribution in [3.8, 4) is 5.75 Å². The molecule has 0 spiro atoms. The molecule has 98 valence electrons. The molecule has 0 saturated heterocycles. The Morgan fingerprint density at radius 2 is 2.00 bits per heavy atom. The molecule has 19 heavy (non-hydrogen) atoms. The van der Waals surface area contributed by atoms with E-state index in [4.69, 9.17) is 4.74 Å². The summed E-state index contributed by atoms with van der Waals surface area (Å²) in [6.45, 7) is 1.69. The van der Waals surface area contributed by atoms with Gasteiger partial charge in [-0.05, 0) is 36.6 Å². The summed E-state index contributed by atoms with van der Waals surface area (Å²) in [6, 6.07) is 14.2. The number of hydrogen-bond acceptors (Lipinski definition) is 3. The molecule has 0 amide bonds. The van der Waals surface area contributed by atoms with Crippen molar-refractivity contribution < 1.29 is 4.74 Å². The van der Waals surface area contributed by atoms with E-state index in [1.165, 1.54) is 12.0 Å². The molecular formula is C16H18N2O. The summed E-state index contributed by atoms with van der Waals surface area (Å²) in [5.41, 5.74) is 2.42. The van der Waals surface area contributed by atoms with E-state index in [9.17, 15) is 0 Å². The van der Waals surface area contributed by atoms with Crippen molar-refractivity contribution in [1.29, 1.82) is 0 Å². The number of aryl methyl sites for hydroxylation is 1. The average Bonchev–Trinajstić information content (AvgIpc) is 2.48. The minimum atomic E-state index is 0.662. The Morgan fingerprint density at radius 3 is 2.89 bits per heavy atom. The molecule has 1 aromatic heterocycles. The lowest BCUT2D eigenvalue weighted by atomic mass is 10.1. The van der Waals surface area contributed by atoms with Crippen LogP contribution in [0.2, 0.25) is 0 Å². The zero-order valence-electron chi connectivity index (χ0n) is 10.9. The molecule has 0 atom stereocenters. The van der Waals surface area contributed by atoms with Crippen molar-refractivity contribution >= 4 is 5.82 Å². The maximum atomic E-state index is 5.69. The van der Waals surface area contributed by atoms with Crippen LogP contribution in [0, 0.1) is 0 Å². The van der Waals surface area contributed by atoms with Crippen LogP contribution in [0.1, 0.15) is 17.7 Å². The minimum absolute atomic E-state index is 0.662. The van der Waals surface area contributed by atoms with Crippen molar-refractivity contribution in [3.63, 3.8) is 0 Å². The van der Waals surface area contributed by atoms with Gasteiger partial charge in [0.15, 0.2) is 0 Å². The number of nitrogens with zero attached hydrogens (tertiary/aromatic N) is 1. The fourth-order valence-electron chi connectivity index (χ4n) is 2.30. The second-order valence-corrected chi connectivity index (χ2v) is 4.75. The van der Waals surface area contributed by atoms with E-state index >= 15 is 0 Å². The number of rotatable bonds is 4. The number of nitrogens with one attached hydrogen (secondary N) is 1. The Bertz CT molecular complexity index is 540. The molecule has 0 aliphatic carbocycles. The van der Waals surface area contributed by atoms with Crippen molar-refractivity contribution in [3.05, 3.63) is 53.7 Å². The Morgan fingerprint density at radius 1 is 1.11 bits per heavy atom. The number of pyridine rings is 1. The molecule has 3 nitrogen and oxygen atoms in total. The zero-order chi connectivity index (χ0) is 12.9. The molecule has 1 aliphatic rings. The number of fused-ring (bicyclic) bond motifs is 1. The van der Waals surface area contributed by atoms with Gasteiger partial charge in [-0.15, -0.1) is 0 Å². The number of aromatic nitrogens is 1. The van der Waals surface area contributed by atoms with Gasteiger partial charge < -0.3 is 10.1 Å². The second-order valence-electron chi connectivity index (χ2n) is 4.75. The molecule has 0 fully saturated rings. The van der Waals surface area contributed by atoms with Crippen LogP contribution >= 0.6 is 0 Å². The van der Waals surface area contributed by atoms with Crippen LogP contribution in [0.25, 0.3) is 0 Å². The lowest BCUT2D eigenvalue weighted by Crippen LogP contribution is -2.14. The molecule has 1 aromatic carbocycles. The Kier molecular flexibility index (Phi) is 3.63. The van der Waals surface area contributed by atoms with Gasteiger partial charge in [-0.25, -0.2) is 4.98 Å². The molecule has 0 bridgehead atoms. The van der Waals surface area contributed by atoms with E-state index in [1.54, 1.807) is 0 Å². The van der Waals surface area contributed by atoms with E-state index in [0.717, 1.165) is 36.6 Å². The van der Waals surface area contributed by atoms with E-state index in [0.29, 0.717) is 6.61 Å². The fourth-order valence-corrected chi connectivity index (χ4v) is 2.30. The van der Waals surface area contributed by atoms with Gasteiger partial charge in [0.2, 0.25) is 0 Å². The third-order valence-electron chi connectivity index (χ3n) is 3.32. The fraction of sp³-hybridized carbons (Fsp3) is 0.312. The molecule has 3 rings (SSSR count). The number of anilines is 1. The molecular weight excluding hydrogens is 236 g/mol. The van der Waals surface area contributed by atoms with Crippen molar-refractivity contribution in [1.82, 2.24) is 4.98 Å². The van der Waals surface area contributed by atoms with Gasteiger partial charge in [-0.2, -0.15) is 0 Å². The summed E-state index contributed by atoms with van der Waals surface area (Å²) in [4.78, 5) is 4.65. The lowest BCUT2D eigenvalue weighted by molar-refractivity contribution is 0.320. The van der Waals surface area contributed by atoms with Gasteiger partial charge in [0.25, 0.3) is 0 Å². The van der Waals surface area contributed by atoms with Crippen molar-refractivity contribution in [2.24, 2.45) is 0 Å². The van der Waals surface area contributed by atoms with E-state index in [2.05, 4.69) is 22.4 Å². The highest BCUT2D eigenvalue weighted by Crippen LogP contribution is 2.19. The predicted molar refractivity (Wildman–Crippen MR) is 76.7 cm³/mol. The third kappa shape index (κ3) is 3.05. The van der Waals surface area contributed by atoms with Crippen LogP contribution in [0.3, 0.4) is 0 Å². The van der Waals surface area contributed by atoms with E-state index in [1.807, 2.05) is 30.3 Å². The number of benzene rings is 1. The molecule has 2 aromatic rings. The van der Waals surface area contributed by atoms with Crippen molar-refractivity contribution in [2.75, 3.05) is 18.5 Å². The first-order chi connectivity index (χ1) is 9.42. The number of ether oxygens (including phenoxy) is 1. The number of hydrogen-bond donors (Lipinski definition) is 1. The van der Waals surface area contributed by atoms with Gasteiger partial charge in [0, 0.05) is 18.7 Å². The van der Waals surface area contributed by atoms with Crippen LogP contribution in [0.15, 0.2) is 42.5 Å². The highest BCUT2D eigenvalue weighted by atomic mass is 16.5. The van der Waals surface area contributed by atoms with Crippen LogP contribution in [-0.4, -0.2) is 18.1 Å². The first kappa shape index (κ1) is 12.0. The van der Waals surface area contributed by atoms with Crippen LogP contribution < -0.4 is 10.1 Å². The molecule has 0 unspecified atom stereocenters. The standard InChI is InChI=1S/C16H18N2O/c1-2-6-15(7-3-1)19-12-10-14-9-8-13-5-4-11-17-16(13)18-14/h1-3,6-9H,4-5,10-12H2,(H,17,18). The summed E-state index contributed by atoms with van der Waals surface area (Å²) in [7, 11) is 0. The average molecular weight is 254 g/mol. The number of para-hydroxylation sites is 1. The Hall–Kier alpha value is -2.03. The van der Waals surface area contributed by atoms with Crippen LogP contribution in [-0.2, 0) is 12.8 Å². The summed E-state index contributed by atoms with van der Waals surface area (Å²) < 4.78 is 5.69. The van der Waals surface area contributed by atoms with Crippen LogP contribution in [0.5, 0.6) is 5.75 Å². The van der Waals surface area contributed by atoms with Crippen LogP contribution in [0.4, 0.5) is 5.82 Å². The summed E-state index contributed by atoms with van der Waals surface area (Å²) >= 11 is 0. The molecule has 0 radical (unpaired) electrons. The quantitative estimate of drug-likeness (QED) is 0.910. The monoisotopic (exact) mass is 254 g/mol.